The fourth-order valence-corrected chi connectivity index (χ4v) is 105. The quantitative estimate of drug-likeness (QED) is 0.639. The van der Waals surface area contributed by atoms with E-state index in [1.165, 1.54) is 24.1 Å². The van der Waals surface area contributed by atoms with Crippen LogP contribution in [-0.4, -0.2) is 5.78 Å². The zero-order valence-electron chi connectivity index (χ0n) is 13.0. The van der Waals surface area contributed by atoms with Crippen molar-refractivity contribution >= 4 is 5.78 Å². The van der Waals surface area contributed by atoms with Crippen LogP contribution in [0.5, 0.6) is 0 Å². The van der Waals surface area contributed by atoms with Gasteiger partial charge in [-0.05, 0) is 0 Å². The van der Waals surface area contributed by atoms with Crippen molar-refractivity contribution in [2.45, 2.75) is 81.3 Å². The van der Waals surface area contributed by atoms with E-state index in [0.29, 0.717) is 4.31 Å². The van der Waals surface area contributed by atoms with Crippen LogP contribution in [0.15, 0.2) is 0 Å². The van der Waals surface area contributed by atoms with Crippen LogP contribution in [0.3, 0.4) is 0 Å². The summed E-state index contributed by atoms with van der Waals surface area (Å²) in [6.45, 7) is 8.71. The van der Waals surface area contributed by atoms with Crippen LogP contribution in [0.4, 0.5) is 0 Å². The predicted molar refractivity (Wildman–Crippen MR) is 74.7 cm³/mol. The van der Waals surface area contributed by atoms with E-state index in [2.05, 4.69) is 27.7 Å². The Bertz CT molecular complexity index is 1170. The predicted octanol–water partition coefficient (Wildman–Crippen LogP) is 5.39. The van der Waals surface area contributed by atoms with Crippen LogP contribution in [0.2, 0.25) is 46.7 Å². The topological polar surface area (TPSA) is 17.1 Å². The summed E-state index contributed by atoms with van der Waals surface area (Å²) in [4.78, 5) is 21.3. The number of carbonyl (C=O) groups is 1. The van der Waals surface area contributed by atoms with Crippen LogP contribution in [-0.2, 0) is 11.3 Å². The molecule has 9 atom stereocenters. The van der Waals surface area contributed by atoms with Crippen LogP contribution in [0.25, 0.3) is 0 Å². The Hall–Kier alpha value is 0.189. The molecule has 0 aliphatic carbocycles. The molecule has 0 aromatic rings. The minimum absolute atomic E-state index is 0.443. The molecule has 1 nitrogen and oxygen atoms in total. The Labute approximate surface area is 110 Å². The molecule has 0 saturated carbocycles. The molecule has 0 N–H and O–H groups in total. The summed E-state index contributed by atoms with van der Waals surface area (Å²) in [6.07, 6.45) is 0. The van der Waals surface area contributed by atoms with Gasteiger partial charge in [0.25, 0.3) is 0 Å². The zero-order valence-corrected chi connectivity index (χ0v) is 14.1. The molecule has 110 valence electrons. The molecule has 1 spiro atoms. The molecule has 10 fully saturated rings. The first-order chi connectivity index (χ1) is 9.15. The summed E-state index contributed by atoms with van der Waals surface area (Å²) in [7, 11) is 0. The van der Waals surface area contributed by atoms with E-state index in [9.17, 15) is 4.79 Å². The number of fused-ring (bicyclic) bond motifs is 10. The Balaban J connectivity index is 1.65. The number of hydrogen-bond acceptors (Lipinski definition) is 1. The van der Waals surface area contributed by atoms with Crippen molar-refractivity contribution in [3.8, 4) is 0 Å². The van der Waals surface area contributed by atoms with Crippen LogP contribution in [0.1, 0.15) is 34.6 Å². The summed E-state index contributed by atoms with van der Waals surface area (Å²) in [5, 5.41) is 0. The van der Waals surface area contributed by atoms with E-state index in [0.717, 1.165) is 35.9 Å². The molecule has 20 heavy (non-hydrogen) atoms. The number of hydrogen-bond donors (Lipinski definition) is 0. The third kappa shape index (κ3) is 0.0813. The van der Waals surface area contributed by atoms with Crippen molar-refractivity contribution < 1.29 is 11.3 Å². The molecule has 2 heteroatoms. The Morgan fingerprint density at radius 3 is 1.70 bits per heavy atom. The van der Waals surface area contributed by atoms with Crippen molar-refractivity contribution in [2.24, 2.45) is 11.8 Å². The van der Waals surface area contributed by atoms with Gasteiger partial charge in [-0.25, -0.2) is 0 Å². The average Bonchev–Trinajstić information content (AvgIpc) is 3.31. The summed E-state index contributed by atoms with van der Waals surface area (Å²) in [5.41, 5.74) is 0. The van der Waals surface area contributed by atoms with Crippen molar-refractivity contribution in [2.75, 3.05) is 0 Å². The van der Waals surface area contributed by atoms with Crippen LogP contribution in [0, 0.1) is 11.8 Å². The molecule has 0 aromatic carbocycles. The fourth-order valence-electron chi connectivity index (χ4n) is 21.4. The summed E-state index contributed by atoms with van der Waals surface area (Å²) in [6, 6.07) is 0. The third-order valence-corrected chi connectivity index (χ3v) is 61.9. The molecule has 0 aromatic heterocycles. The van der Waals surface area contributed by atoms with E-state index < -0.39 is 6.51 Å². The maximum absolute atomic E-state index is 13.0. The molecule has 0 amide bonds. The molecule has 10 rings (SSSR count). The normalized spacial score (nSPS) is 111. The van der Waals surface area contributed by atoms with Crippen molar-refractivity contribution in [3.05, 3.63) is 0 Å². The standard InChI is InChI=1S/C10H13O.C8H11.Fe/c1-7(2)9-4-5-10(6-9)8(3)11;1-7(2)8-5-3-4-6-8;/h4-7H,1-3H3;3-7H,1-2H3;. The van der Waals surface area contributed by atoms with Gasteiger partial charge in [-0.2, -0.15) is 0 Å². The van der Waals surface area contributed by atoms with Gasteiger partial charge in [-0.1, -0.05) is 0 Å². The first-order valence-corrected chi connectivity index (χ1v) is 15.0. The third-order valence-electron chi connectivity index (χ3n) is 17.4. The molecule has 10 saturated heterocycles. The van der Waals surface area contributed by atoms with Gasteiger partial charge < -0.3 is 0 Å². The van der Waals surface area contributed by atoms with Crippen LogP contribution < -0.4 is 0 Å². The van der Waals surface area contributed by atoms with E-state index in [4.69, 9.17) is 0 Å². The summed E-state index contributed by atoms with van der Waals surface area (Å²) in [5.74, 6) is 2.57. The molecule has 10 heterocycles. The maximum atomic E-state index is 13.0. The summed E-state index contributed by atoms with van der Waals surface area (Å²) >= 11 is 0. The van der Waals surface area contributed by atoms with Crippen molar-refractivity contribution in [3.63, 3.8) is 0 Å². The SMILES string of the molecule is CC(=O)[C]12[CH]3[CH]4[C]5(C(C)C)[CH]1[Fe]34251678[CH]2[CH]1[CH]6[C]7(C(C)C)[CH]28. The fraction of sp³-hybridized carbons (Fsp3) is 0.944. The van der Waals surface area contributed by atoms with Gasteiger partial charge in [-0.3, -0.25) is 0 Å². The first kappa shape index (κ1) is 8.73. The van der Waals surface area contributed by atoms with Gasteiger partial charge in [0, 0.05) is 0 Å². The summed E-state index contributed by atoms with van der Waals surface area (Å²) < 4.78 is 2.16. The zero-order chi connectivity index (χ0) is 13.6. The molecule has 9 unspecified atom stereocenters. The van der Waals surface area contributed by atoms with Gasteiger partial charge >= 0.3 is 110 Å². The molecular weight excluding hydrogens is 288 g/mol. The minimum atomic E-state index is -3.55. The van der Waals surface area contributed by atoms with Gasteiger partial charge in [0.2, 0.25) is 0 Å². The van der Waals surface area contributed by atoms with E-state index in [-0.39, 0.29) is 0 Å². The number of rotatable bonds is 3. The molecule has 10 aliphatic heterocycles. The Morgan fingerprint density at radius 2 is 1.45 bits per heavy atom. The van der Waals surface area contributed by atoms with Crippen molar-refractivity contribution in [1.82, 2.24) is 0 Å². The number of Topliss-reactive ketones (excluding diaryl/α,β-unsaturated/α-hetero) is 1. The van der Waals surface area contributed by atoms with E-state index >= 15 is 0 Å². The average molecular weight is 312 g/mol. The van der Waals surface area contributed by atoms with Gasteiger partial charge in [0.05, 0.1) is 0 Å². The molecule has 0 radical (unpaired) electrons. The Morgan fingerprint density at radius 1 is 0.900 bits per heavy atom. The van der Waals surface area contributed by atoms with Gasteiger partial charge in [-0.15, -0.1) is 0 Å². The second-order valence-electron chi connectivity index (χ2n) is 12.9. The number of ketones is 1. The van der Waals surface area contributed by atoms with E-state index in [1.807, 2.05) is 6.92 Å². The second-order valence-corrected chi connectivity index (χ2v) is 35.8. The van der Waals surface area contributed by atoms with Gasteiger partial charge in [0.15, 0.2) is 0 Å². The van der Waals surface area contributed by atoms with Crippen molar-refractivity contribution in [1.29, 1.82) is 0 Å². The van der Waals surface area contributed by atoms with E-state index in [1.54, 1.807) is 0 Å². The second kappa shape index (κ2) is 0.731. The molecule has 10 aliphatic rings. The monoisotopic (exact) mass is 312 g/mol. The number of carbonyl (C=O) groups excluding carboxylic acids is 1. The van der Waals surface area contributed by atoms with Gasteiger partial charge in [0.1, 0.15) is 0 Å². The molecular formula is C18H24FeO. The van der Waals surface area contributed by atoms with Crippen LogP contribution >= 0.6 is 0 Å². The molecule has 0 bridgehead atoms. The first-order valence-electron chi connectivity index (χ1n) is 8.87. The Kier molecular flexibility index (Phi) is 0.319.